The van der Waals surface area contributed by atoms with Crippen LogP contribution in [0.15, 0.2) is 43.0 Å². The summed E-state index contributed by atoms with van der Waals surface area (Å²) < 4.78 is 0. The highest BCUT2D eigenvalue weighted by atomic mass is 16.2. The lowest BCUT2D eigenvalue weighted by molar-refractivity contribution is -0.132. The van der Waals surface area contributed by atoms with Crippen LogP contribution in [0.4, 0.5) is 4.79 Å². The second kappa shape index (κ2) is 7.70. The summed E-state index contributed by atoms with van der Waals surface area (Å²) in [4.78, 5) is 37.2. The van der Waals surface area contributed by atoms with Crippen LogP contribution in [0.2, 0.25) is 0 Å². The molecule has 5 rings (SSSR count). The minimum Gasteiger partial charge on any atom is -0.342 e. The van der Waals surface area contributed by atoms with Crippen molar-refractivity contribution >= 4 is 11.9 Å². The summed E-state index contributed by atoms with van der Waals surface area (Å²) in [6.07, 6.45) is 10.8. The molecule has 3 amide bonds. The lowest BCUT2D eigenvalue weighted by atomic mass is 9.90. The normalized spacial score (nSPS) is 21.4. The summed E-state index contributed by atoms with van der Waals surface area (Å²) in [5.74, 6) is 0.718. The Balaban J connectivity index is 1.06. The summed E-state index contributed by atoms with van der Waals surface area (Å²) in [7, 11) is 0. The molecule has 0 bridgehead atoms. The number of nitrogens with one attached hydrogen (secondary N) is 1. The number of nitrogens with zero attached hydrogens (tertiary/aromatic N) is 4. The largest absolute Gasteiger partial charge is 0.342 e. The molecule has 30 heavy (non-hydrogen) atoms. The minimum absolute atomic E-state index is 0.0114. The number of carbonyl (C=O) groups is 2. The molecule has 2 fully saturated rings. The molecule has 4 heterocycles. The zero-order valence-electron chi connectivity index (χ0n) is 17.1. The molecule has 1 saturated heterocycles. The molecule has 156 valence electrons. The van der Waals surface area contributed by atoms with E-state index in [0.29, 0.717) is 30.8 Å². The van der Waals surface area contributed by atoms with E-state index in [-0.39, 0.29) is 11.9 Å². The number of rotatable bonds is 4. The summed E-state index contributed by atoms with van der Waals surface area (Å²) in [6, 6.07) is 5.82. The van der Waals surface area contributed by atoms with Gasteiger partial charge in [0.2, 0.25) is 5.91 Å². The van der Waals surface area contributed by atoms with E-state index in [2.05, 4.69) is 15.3 Å². The van der Waals surface area contributed by atoms with Gasteiger partial charge in [0.25, 0.3) is 0 Å². The van der Waals surface area contributed by atoms with Gasteiger partial charge in [0.05, 0.1) is 6.42 Å². The number of likely N-dealkylation sites (tertiary alicyclic amines) is 1. The van der Waals surface area contributed by atoms with Gasteiger partial charge in [-0.25, -0.2) is 4.79 Å². The zero-order chi connectivity index (χ0) is 20.6. The van der Waals surface area contributed by atoms with Crippen molar-refractivity contribution in [3.63, 3.8) is 0 Å². The molecule has 7 nitrogen and oxygen atoms in total. The second-order valence-electron chi connectivity index (χ2n) is 8.87. The van der Waals surface area contributed by atoms with E-state index in [1.807, 2.05) is 34.2 Å². The molecule has 1 spiro atoms. The van der Waals surface area contributed by atoms with E-state index in [1.165, 1.54) is 5.56 Å². The van der Waals surface area contributed by atoms with Crippen LogP contribution in [0.1, 0.15) is 36.0 Å². The molecule has 1 aliphatic carbocycles. The van der Waals surface area contributed by atoms with E-state index in [4.69, 9.17) is 0 Å². The summed E-state index contributed by atoms with van der Waals surface area (Å²) >= 11 is 0. The highest BCUT2D eigenvalue weighted by molar-refractivity contribution is 5.78. The van der Waals surface area contributed by atoms with Crippen LogP contribution in [0, 0.1) is 11.3 Å². The third-order valence-electron chi connectivity index (χ3n) is 7.06. The predicted octanol–water partition coefficient (Wildman–Crippen LogP) is 2.37. The lowest BCUT2D eigenvalue weighted by Crippen LogP contribution is -2.41. The highest BCUT2D eigenvalue weighted by Crippen LogP contribution is 2.59. The number of piperidine rings is 1. The van der Waals surface area contributed by atoms with E-state index in [0.717, 1.165) is 50.0 Å². The summed E-state index contributed by atoms with van der Waals surface area (Å²) in [5.41, 5.74) is 3.61. The van der Waals surface area contributed by atoms with Crippen LogP contribution >= 0.6 is 0 Å². The first-order valence-corrected chi connectivity index (χ1v) is 10.7. The molecule has 1 saturated carbocycles. The molecular weight excluding hydrogens is 378 g/mol. The van der Waals surface area contributed by atoms with Gasteiger partial charge in [0.15, 0.2) is 0 Å². The average Bonchev–Trinajstić information content (AvgIpc) is 3.25. The van der Waals surface area contributed by atoms with Crippen LogP contribution < -0.4 is 5.32 Å². The van der Waals surface area contributed by atoms with E-state index >= 15 is 0 Å². The van der Waals surface area contributed by atoms with E-state index < -0.39 is 0 Å². The molecule has 0 radical (unpaired) electrons. The molecule has 0 aromatic carbocycles. The molecule has 2 aliphatic heterocycles. The number of pyridine rings is 2. The van der Waals surface area contributed by atoms with Gasteiger partial charge in [-0.2, -0.15) is 0 Å². The Kier molecular flexibility index (Phi) is 4.89. The molecule has 3 aliphatic rings. The Hall–Kier alpha value is -2.96. The number of carbonyl (C=O) groups excluding carboxylic acids is 2. The second-order valence-corrected chi connectivity index (χ2v) is 8.87. The van der Waals surface area contributed by atoms with Crippen LogP contribution in [0.5, 0.6) is 0 Å². The first kappa shape index (κ1) is 19.0. The van der Waals surface area contributed by atoms with Gasteiger partial charge in [0.1, 0.15) is 0 Å². The lowest BCUT2D eigenvalue weighted by Gasteiger charge is -2.33. The Morgan fingerprint density at radius 1 is 1.03 bits per heavy atom. The molecule has 1 unspecified atom stereocenters. The molecule has 7 heteroatoms. The van der Waals surface area contributed by atoms with Gasteiger partial charge >= 0.3 is 6.03 Å². The number of fused-ring (bicyclic) bond motifs is 1. The van der Waals surface area contributed by atoms with Crippen LogP contribution in [0.3, 0.4) is 0 Å². The number of urea groups is 1. The van der Waals surface area contributed by atoms with Crippen LogP contribution in [0.25, 0.3) is 0 Å². The quantitative estimate of drug-likeness (QED) is 0.847. The number of hydrogen-bond acceptors (Lipinski definition) is 4. The number of aromatic nitrogens is 2. The van der Waals surface area contributed by atoms with Crippen molar-refractivity contribution in [2.24, 2.45) is 11.3 Å². The van der Waals surface area contributed by atoms with Crippen molar-refractivity contribution in [3.05, 3.63) is 59.7 Å². The standard InChI is InChI=1S/C23H27N5O2/c29-21(10-17-2-1-6-24-12-17)27-8-4-23(5-9-27)11-20(23)14-26-22(30)28-15-18-3-7-25-13-19(18)16-28/h1-3,6-7,12-13,20H,4-5,8-11,14-16H2,(H,26,30). The minimum atomic E-state index is 0.0114. The fourth-order valence-corrected chi connectivity index (χ4v) is 5.01. The number of hydrogen-bond donors (Lipinski definition) is 1. The van der Waals surface area contributed by atoms with E-state index in [9.17, 15) is 9.59 Å². The van der Waals surface area contributed by atoms with Gasteiger partial charge in [-0.15, -0.1) is 0 Å². The van der Waals surface area contributed by atoms with Crippen LogP contribution in [-0.2, 0) is 24.3 Å². The average molecular weight is 406 g/mol. The monoisotopic (exact) mass is 405 g/mol. The van der Waals surface area contributed by atoms with Crippen molar-refractivity contribution in [3.8, 4) is 0 Å². The topological polar surface area (TPSA) is 78.4 Å². The predicted molar refractivity (Wildman–Crippen MR) is 111 cm³/mol. The van der Waals surface area contributed by atoms with E-state index in [1.54, 1.807) is 18.6 Å². The van der Waals surface area contributed by atoms with Crippen molar-refractivity contribution in [1.29, 1.82) is 0 Å². The summed E-state index contributed by atoms with van der Waals surface area (Å²) in [6.45, 7) is 3.66. The Bertz CT molecular complexity index is 915. The fourth-order valence-electron chi connectivity index (χ4n) is 5.01. The maximum Gasteiger partial charge on any atom is 0.318 e. The molecule has 2 aromatic rings. The van der Waals surface area contributed by atoms with Gasteiger partial charge in [-0.05, 0) is 59.4 Å². The molecule has 1 N–H and O–H groups in total. The molecule has 2 aromatic heterocycles. The van der Waals surface area contributed by atoms with Crippen molar-refractivity contribution in [2.45, 2.75) is 38.8 Å². The van der Waals surface area contributed by atoms with Crippen molar-refractivity contribution < 1.29 is 9.59 Å². The summed E-state index contributed by atoms with van der Waals surface area (Å²) in [5, 5.41) is 3.14. The van der Waals surface area contributed by atoms with Gasteiger partial charge in [-0.3, -0.25) is 14.8 Å². The first-order valence-electron chi connectivity index (χ1n) is 10.7. The fraction of sp³-hybridized carbons (Fsp3) is 0.478. The zero-order valence-corrected chi connectivity index (χ0v) is 17.1. The van der Waals surface area contributed by atoms with Crippen molar-refractivity contribution in [1.82, 2.24) is 25.1 Å². The van der Waals surface area contributed by atoms with Gasteiger partial charge < -0.3 is 15.1 Å². The molecule has 1 atom stereocenters. The third-order valence-corrected chi connectivity index (χ3v) is 7.06. The highest BCUT2D eigenvalue weighted by Gasteiger charge is 2.54. The maximum absolute atomic E-state index is 12.6. The SMILES string of the molecule is O=C(Cc1cccnc1)N1CCC2(CC1)CC2CNC(=O)N1Cc2ccncc2C1. The van der Waals surface area contributed by atoms with Gasteiger partial charge in [0, 0.05) is 57.5 Å². The Morgan fingerprint density at radius 3 is 2.60 bits per heavy atom. The number of amides is 3. The maximum atomic E-state index is 12.6. The Labute approximate surface area is 176 Å². The van der Waals surface area contributed by atoms with Crippen LogP contribution in [-0.4, -0.2) is 51.3 Å². The smallest absolute Gasteiger partial charge is 0.318 e. The molecular formula is C23H27N5O2. The third kappa shape index (κ3) is 3.76. The first-order chi connectivity index (χ1) is 14.6. The van der Waals surface area contributed by atoms with Crippen molar-refractivity contribution in [2.75, 3.05) is 19.6 Å². The van der Waals surface area contributed by atoms with Gasteiger partial charge in [-0.1, -0.05) is 6.07 Å². The Morgan fingerprint density at radius 2 is 1.83 bits per heavy atom.